The number of rotatable bonds is 10. The van der Waals surface area contributed by atoms with Crippen LogP contribution >= 0.6 is 0 Å². The van der Waals surface area contributed by atoms with E-state index >= 15 is 0 Å². The molecule has 2 saturated heterocycles. The molecule has 7 nitrogen and oxygen atoms in total. The van der Waals surface area contributed by atoms with Crippen LogP contribution in [0.25, 0.3) is 0 Å². The Hall–Kier alpha value is -3.29. The summed E-state index contributed by atoms with van der Waals surface area (Å²) in [6.45, 7) is 4.60. The Bertz CT molecular complexity index is 933. The van der Waals surface area contributed by atoms with E-state index in [-0.39, 0.29) is 12.2 Å². The first kappa shape index (κ1) is 19.7. The molecule has 0 N–H and O–H groups in total. The van der Waals surface area contributed by atoms with Crippen molar-refractivity contribution in [2.45, 2.75) is 19.1 Å². The molecule has 0 bridgehead atoms. The van der Waals surface area contributed by atoms with Gasteiger partial charge >= 0.3 is 0 Å². The molecule has 0 saturated carbocycles. The summed E-state index contributed by atoms with van der Waals surface area (Å²) in [6, 6.07) is 18.5. The van der Waals surface area contributed by atoms with E-state index in [4.69, 9.17) is 28.4 Å². The highest BCUT2D eigenvalue weighted by molar-refractivity contribution is 5.39. The van der Waals surface area contributed by atoms with Crippen molar-refractivity contribution in [3.8, 4) is 34.6 Å². The highest BCUT2D eigenvalue weighted by Gasteiger charge is 2.23. The summed E-state index contributed by atoms with van der Waals surface area (Å²) in [6.07, 6.45) is 0.460. The van der Waals surface area contributed by atoms with E-state index in [1.165, 1.54) is 0 Å². The third kappa shape index (κ3) is 5.87. The zero-order valence-electron chi connectivity index (χ0n) is 17.2. The topological polar surface area (TPSA) is 74.9 Å². The minimum atomic E-state index is 0.229. The van der Waals surface area contributed by atoms with Crippen LogP contribution in [0, 0.1) is 6.92 Å². The van der Waals surface area contributed by atoms with E-state index < -0.39 is 0 Å². The molecule has 1 aromatic heterocycles. The first-order valence-electron chi connectivity index (χ1n) is 10.2. The first-order chi connectivity index (χ1) is 15.2. The predicted octanol–water partition coefficient (Wildman–Crippen LogP) is 4.53. The Kier molecular flexibility index (Phi) is 5.60. The number of pyridine rings is 1. The lowest BCUT2D eigenvalue weighted by molar-refractivity contribution is 0.263. The molecule has 5 rings (SSSR count). The minimum Gasteiger partial charge on any atom is -0.491 e. The summed E-state index contributed by atoms with van der Waals surface area (Å²) in [4.78, 5) is 4.44. The van der Waals surface area contributed by atoms with Crippen LogP contribution in [0.4, 0.5) is 0 Å². The van der Waals surface area contributed by atoms with Gasteiger partial charge in [0.25, 0.3) is 0 Å². The molecule has 3 aromatic rings. The summed E-state index contributed by atoms with van der Waals surface area (Å²) in [5.74, 6) is 4.04. The van der Waals surface area contributed by atoms with Crippen LogP contribution in [0.5, 0.6) is 34.6 Å². The smallest absolute Gasteiger partial charge is 0.223 e. The van der Waals surface area contributed by atoms with Gasteiger partial charge in [0.15, 0.2) is 0 Å². The van der Waals surface area contributed by atoms with Crippen molar-refractivity contribution in [1.29, 1.82) is 0 Å². The molecule has 2 unspecified atom stereocenters. The number of aryl methyl sites for hydroxylation is 1. The van der Waals surface area contributed by atoms with Crippen molar-refractivity contribution < 1.29 is 28.4 Å². The molecule has 2 aromatic carbocycles. The Balaban J connectivity index is 1.20. The van der Waals surface area contributed by atoms with Crippen LogP contribution in [-0.4, -0.2) is 43.6 Å². The molecular weight excluding hydrogens is 398 g/mol. The molecule has 31 heavy (non-hydrogen) atoms. The third-order valence-corrected chi connectivity index (χ3v) is 4.69. The fraction of sp³-hybridized carbons (Fsp3) is 0.292. The highest BCUT2D eigenvalue weighted by Crippen LogP contribution is 2.30. The quantitative estimate of drug-likeness (QED) is 0.445. The summed E-state index contributed by atoms with van der Waals surface area (Å²) in [7, 11) is 0. The predicted molar refractivity (Wildman–Crippen MR) is 112 cm³/mol. The Labute approximate surface area is 180 Å². The Morgan fingerprint density at radius 2 is 1.19 bits per heavy atom. The van der Waals surface area contributed by atoms with Crippen molar-refractivity contribution in [3.05, 3.63) is 66.4 Å². The van der Waals surface area contributed by atoms with E-state index in [2.05, 4.69) is 4.98 Å². The normalized spacial score (nSPS) is 18.9. The van der Waals surface area contributed by atoms with Crippen LogP contribution in [0.3, 0.4) is 0 Å². The average Bonchev–Trinajstić information content (AvgIpc) is 3.68. The van der Waals surface area contributed by atoms with E-state index in [0.717, 1.165) is 30.4 Å². The zero-order chi connectivity index (χ0) is 21.0. The molecule has 3 heterocycles. The van der Waals surface area contributed by atoms with Crippen LogP contribution in [0.2, 0.25) is 0 Å². The minimum absolute atomic E-state index is 0.229. The lowest BCUT2D eigenvalue weighted by Crippen LogP contribution is -2.03. The number of hydrogen-bond donors (Lipinski definition) is 0. The molecular formula is C24H23NO6. The maximum atomic E-state index is 5.98. The number of epoxide rings is 2. The van der Waals surface area contributed by atoms with Gasteiger partial charge in [-0.2, -0.15) is 0 Å². The van der Waals surface area contributed by atoms with E-state index in [9.17, 15) is 0 Å². The van der Waals surface area contributed by atoms with Crippen LogP contribution in [-0.2, 0) is 9.47 Å². The molecule has 2 aliphatic heterocycles. The van der Waals surface area contributed by atoms with E-state index in [0.29, 0.717) is 36.3 Å². The van der Waals surface area contributed by atoms with Crippen molar-refractivity contribution in [2.24, 2.45) is 0 Å². The maximum Gasteiger partial charge on any atom is 0.223 e. The summed E-state index contributed by atoms with van der Waals surface area (Å²) in [5.41, 5.74) is 0.793. The van der Waals surface area contributed by atoms with Crippen molar-refractivity contribution in [3.63, 3.8) is 0 Å². The van der Waals surface area contributed by atoms with Gasteiger partial charge in [0.2, 0.25) is 5.88 Å². The Morgan fingerprint density at radius 3 is 1.71 bits per heavy atom. The van der Waals surface area contributed by atoms with Crippen molar-refractivity contribution in [2.75, 3.05) is 26.4 Å². The standard InChI is InChI=1S/C24H23NO6/c1-16-10-21(30-19-6-2-17(3-7-19)26-12-22-14-28-22)11-24(25-16)31-20-8-4-18(5-9-20)27-13-23-15-29-23/h2-11,22-23H,12-15H2,1H3. The van der Waals surface area contributed by atoms with Gasteiger partial charge in [-0.3, -0.25) is 0 Å². The van der Waals surface area contributed by atoms with Gasteiger partial charge < -0.3 is 28.4 Å². The van der Waals surface area contributed by atoms with Gasteiger partial charge in [-0.25, -0.2) is 4.98 Å². The van der Waals surface area contributed by atoms with Gasteiger partial charge in [-0.15, -0.1) is 0 Å². The fourth-order valence-corrected chi connectivity index (χ4v) is 2.89. The van der Waals surface area contributed by atoms with E-state index in [1.54, 1.807) is 6.07 Å². The summed E-state index contributed by atoms with van der Waals surface area (Å²) in [5, 5.41) is 0. The molecule has 2 atom stereocenters. The second-order valence-electron chi connectivity index (χ2n) is 7.46. The fourth-order valence-electron chi connectivity index (χ4n) is 2.89. The lowest BCUT2D eigenvalue weighted by Gasteiger charge is -2.11. The second-order valence-corrected chi connectivity index (χ2v) is 7.46. The molecule has 0 aliphatic carbocycles. The SMILES string of the molecule is Cc1cc(Oc2ccc(OCC3CO3)cc2)cc(Oc2ccc(OCC3CO3)cc2)n1. The monoisotopic (exact) mass is 421 g/mol. The second kappa shape index (κ2) is 8.83. The number of ether oxygens (including phenoxy) is 6. The molecule has 0 radical (unpaired) electrons. The van der Waals surface area contributed by atoms with Crippen molar-refractivity contribution >= 4 is 0 Å². The number of benzene rings is 2. The summed E-state index contributed by atoms with van der Waals surface area (Å²) >= 11 is 0. The van der Waals surface area contributed by atoms with E-state index in [1.807, 2.05) is 61.5 Å². The highest BCUT2D eigenvalue weighted by atomic mass is 16.6. The van der Waals surface area contributed by atoms with Crippen LogP contribution < -0.4 is 18.9 Å². The zero-order valence-corrected chi connectivity index (χ0v) is 17.2. The first-order valence-corrected chi connectivity index (χ1v) is 10.2. The van der Waals surface area contributed by atoms with Gasteiger partial charge in [0, 0.05) is 17.8 Å². The van der Waals surface area contributed by atoms with Gasteiger partial charge in [-0.05, 0) is 55.5 Å². The van der Waals surface area contributed by atoms with Gasteiger partial charge in [0.05, 0.1) is 13.2 Å². The number of hydrogen-bond acceptors (Lipinski definition) is 7. The number of nitrogens with zero attached hydrogens (tertiary/aromatic N) is 1. The molecule has 2 aliphatic rings. The maximum absolute atomic E-state index is 5.98. The lowest BCUT2D eigenvalue weighted by atomic mass is 10.3. The molecule has 160 valence electrons. The molecule has 7 heteroatoms. The number of aromatic nitrogens is 1. The third-order valence-electron chi connectivity index (χ3n) is 4.69. The molecule has 0 spiro atoms. The molecule has 2 fully saturated rings. The Morgan fingerprint density at radius 1 is 0.710 bits per heavy atom. The van der Waals surface area contributed by atoms with Crippen molar-refractivity contribution in [1.82, 2.24) is 4.98 Å². The van der Waals surface area contributed by atoms with Crippen LogP contribution in [0.1, 0.15) is 5.69 Å². The van der Waals surface area contributed by atoms with Gasteiger partial charge in [-0.1, -0.05) is 0 Å². The average molecular weight is 421 g/mol. The summed E-state index contributed by atoms with van der Waals surface area (Å²) < 4.78 is 33.5. The largest absolute Gasteiger partial charge is 0.491 e. The van der Waals surface area contributed by atoms with Gasteiger partial charge in [0.1, 0.15) is 54.2 Å². The van der Waals surface area contributed by atoms with Crippen LogP contribution in [0.15, 0.2) is 60.7 Å². The molecule has 0 amide bonds.